The minimum absolute atomic E-state index is 0.0427. The van der Waals surface area contributed by atoms with Crippen molar-refractivity contribution in [2.45, 2.75) is 78.7 Å². The van der Waals surface area contributed by atoms with Gasteiger partial charge in [0.25, 0.3) is 0 Å². The number of aliphatic hydroxyl groups is 1. The summed E-state index contributed by atoms with van der Waals surface area (Å²) in [7, 11) is 1.52. The maximum absolute atomic E-state index is 12.6. The molecule has 136 valence electrons. The highest BCUT2D eigenvalue weighted by molar-refractivity contribution is 5.77. The number of aliphatic hydroxyl groups excluding tert-OH is 1. The molecule has 1 saturated carbocycles. The first kappa shape index (κ1) is 18.0. The fraction of sp³-hybridized carbons (Fsp3) is 0.857. The second-order valence-electron chi connectivity index (χ2n) is 9.17. The van der Waals surface area contributed by atoms with Gasteiger partial charge in [-0.2, -0.15) is 0 Å². The molecular weight excluding hydrogens is 300 g/mol. The van der Waals surface area contributed by atoms with Crippen molar-refractivity contribution >= 4 is 5.97 Å². The van der Waals surface area contributed by atoms with E-state index in [4.69, 9.17) is 4.74 Å². The van der Waals surface area contributed by atoms with Crippen LogP contribution in [0.3, 0.4) is 0 Å². The molecule has 0 aromatic heterocycles. The molecule has 0 aromatic rings. The normalized spacial score (nSPS) is 42.5. The first-order valence-electron chi connectivity index (χ1n) is 9.74. The lowest BCUT2D eigenvalue weighted by atomic mass is 9.47. The van der Waals surface area contributed by atoms with Gasteiger partial charge in [0.2, 0.25) is 0 Å². The van der Waals surface area contributed by atoms with Gasteiger partial charge in [-0.1, -0.05) is 32.8 Å². The van der Waals surface area contributed by atoms with E-state index in [1.54, 1.807) is 0 Å². The van der Waals surface area contributed by atoms with E-state index in [0.29, 0.717) is 17.8 Å². The molecule has 0 amide bonds. The van der Waals surface area contributed by atoms with Crippen molar-refractivity contribution < 1.29 is 14.6 Å². The monoisotopic (exact) mass is 334 g/mol. The molecule has 0 heterocycles. The van der Waals surface area contributed by atoms with Crippen LogP contribution in [-0.4, -0.2) is 24.3 Å². The van der Waals surface area contributed by atoms with Gasteiger partial charge in [0.1, 0.15) is 0 Å². The van der Waals surface area contributed by atoms with Crippen molar-refractivity contribution in [1.82, 2.24) is 0 Å². The van der Waals surface area contributed by atoms with Crippen molar-refractivity contribution in [3.8, 4) is 0 Å². The Hall–Kier alpha value is -0.830. The summed E-state index contributed by atoms with van der Waals surface area (Å²) in [6.07, 6.45) is 6.99. The second-order valence-corrected chi connectivity index (χ2v) is 9.17. The third-order valence-corrected chi connectivity index (χ3v) is 7.71. The minimum atomic E-state index is -0.375. The first-order valence-corrected chi connectivity index (χ1v) is 9.74. The Morgan fingerprint density at radius 1 is 1.21 bits per heavy atom. The van der Waals surface area contributed by atoms with Crippen molar-refractivity contribution in [2.24, 2.45) is 28.6 Å². The van der Waals surface area contributed by atoms with Crippen molar-refractivity contribution in [3.05, 3.63) is 11.1 Å². The van der Waals surface area contributed by atoms with Crippen LogP contribution in [0.1, 0.15) is 72.6 Å². The first-order chi connectivity index (χ1) is 11.3. The van der Waals surface area contributed by atoms with E-state index in [0.717, 1.165) is 44.9 Å². The highest BCUT2D eigenvalue weighted by atomic mass is 16.5. The standard InChI is InChI=1S/C21H34O3/c1-13(2)14-7-9-16-15(18(14)22)8-10-17-20(16,3)11-6-12-21(17,4)19(23)24-5/h13-14,17-18,22H,6-12H2,1-5H3. The average Bonchev–Trinajstić information content (AvgIpc) is 2.54. The Labute approximate surface area is 146 Å². The van der Waals surface area contributed by atoms with Gasteiger partial charge in [0.15, 0.2) is 0 Å². The predicted octanol–water partition coefficient (Wildman–Crippen LogP) is 4.49. The molecule has 1 N–H and O–H groups in total. The smallest absolute Gasteiger partial charge is 0.311 e. The van der Waals surface area contributed by atoms with Gasteiger partial charge in [-0.25, -0.2) is 0 Å². The molecule has 3 rings (SSSR count). The zero-order valence-electron chi connectivity index (χ0n) is 16.0. The third-order valence-electron chi connectivity index (χ3n) is 7.71. The number of fused-ring (bicyclic) bond motifs is 2. The van der Waals surface area contributed by atoms with Crippen LogP contribution in [0, 0.1) is 28.6 Å². The summed E-state index contributed by atoms with van der Waals surface area (Å²) >= 11 is 0. The molecule has 5 atom stereocenters. The number of hydrogen-bond acceptors (Lipinski definition) is 3. The molecule has 3 aliphatic rings. The molecule has 3 aliphatic carbocycles. The number of methoxy groups -OCH3 is 1. The van der Waals surface area contributed by atoms with Gasteiger partial charge in [-0.3, -0.25) is 4.79 Å². The van der Waals surface area contributed by atoms with E-state index in [9.17, 15) is 9.90 Å². The van der Waals surface area contributed by atoms with Gasteiger partial charge in [0, 0.05) is 0 Å². The van der Waals surface area contributed by atoms with Crippen LogP contribution in [0.25, 0.3) is 0 Å². The van der Waals surface area contributed by atoms with E-state index >= 15 is 0 Å². The molecule has 3 nitrogen and oxygen atoms in total. The molecule has 0 aromatic carbocycles. The van der Waals surface area contributed by atoms with Crippen LogP contribution in [0.2, 0.25) is 0 Å². The van der Waals surface area contributed by atoms with E-state index in [1.165, 1.54) is 18.3 Å². The van der Waals surface area contributed by atoms with E-state index in [2.05, 4.69) is 27.7 Å². The Balaban J connectivity index is 2.00. The number of carbonyl (C=O) groups is 1. The molecule has 0 saturated heterocycles. The Morgan fingerprint density at radius 3 is 2.54 bits per heavy atom. The topological polar surface area (TPSA) is 46.5 Å². The molecule has 0 radical (unpaired) electrons. The van der Waals surface area contributed by atoms with Gasteiger partial charge < -0.3 is 9.84 Å². The molecular formula is C21H34O3. The number of allylic oxidation sites excluding steroid dienone is 1. The van der Waals surface area contributed by atoms with Gasteiger partial charge in [-0.15, -0.1) is 0 Å². The zero-order valence-corrected chi connectivity index (χ0v) is 16.0. The number of carbonyl (C=O) groups excluding carboxylic acids is 1. The number of rotatable bonds is 2. The van der Waals surface area contributed by atoms with Crippen LogP contribution in [0.4, 0.5) is 0 Å². The lowest BCUT2D eigenvalue weighted by Gasteiger charge is -2.56. The lowest BCUT2D eigenvalue weighted by molar-refractivity contribution is -0.163. The Kier molecular flexibility index (Phi) is 4.61. The van der Waals surface area contributed by atoms with Crippen LogP contribution in [0.15, 0.2) is 11.1 Å². The summed E-state index contributed by atoms with van der Waals surface area (Å²) in [5.74, 6) is 1.21. The molecule has 0 aliphatic heterocycles. The van der Waals surface area contributed by atoms with E-state index < -0.39 is 0 Å². The predicted molar refractivity (Wildman–Crippen MR) is 95.4 cm³/mol. The molecule has 0 spiro atoms. The molecule has 24 heavy (non-hydrogen) atoms. The fourth-order valence-corrected chi connectivity index (χ4v) is 6.37. The largest absolute Gasteiger partial charge is 0.469 e. The average molecular weight is 335 g/mol. The molecule has 0 bridgehead atoms. The second kappa shape index (κ2) is 6.16. The van der Waals surface area contributed by atoms with Gasteiger partial charge in [0.05, 0.1) is 18.6 Å². The number of hydrogen-bond donors (Lipinski definition) is 1. The summed E-state index contributed by atoms with van der Waals surface area (Å²) in [4.78, 5) is 12.6. The summed E-state index contributed by atoms with van der Waals surface area (Å²) in [6.45, 7) is 8.92. The zero-order chi connectivity index (χ0) is 17.7. The third kappa shape index (κ3) is 2.46. The van der Waals surface area contributed by atoms with E-state index in [-0.39, 0.29) is 22.9 Å². The summed E-state index contributed by atoms with van der Waals surface area (Å²) in [6, 6.07) is 0. The Bertz CT molecular complexity index is 549. The maximum Gasteiger partial charge on any atom is 0.311 e. The number of esters is 1. The summed E-state index contributed by atoms with van der Waals surface area (Å²) in [5.41, 5.74) is 2.48. The highest BCUT2D eigenvalue weighted by Crippen LogP contribution is 2.62. The number of ether oxygens (including phenoxy) is 1. The summed E-state index contributed by atoms with van der Waals surface area (Å²) in [5, 5.41) is 11.0. The van der Waals surface area contributed by atoms with Crippen LogP contribution in [-0.2, 0) is 9.53 Å². The van der Waals surface area contributed by atoms with E-state index in [1.807, 2.05) is 0 Å². The van der Waals surface area contributed by atoms with Gasteiger partial charge >= 0.3 is 5.97 Å². The molecule has 1 fully saturated rings. The maximum atomic E-state index is 12.6. The molecule has 5 unspecified atom stereocenters. The van der Waals surface area contributed by atoms with Crippen LogP contribution < -0.4 is 0 Å². The van der Waals surface area contributed by atoms with Gasteiger partial charge in [-0.05, 0) is 74.2 Å². The lowest BCUT2D eigenvalue weighted by Crippen LogP contribution is -2.52. The van der Waals surface area contributed by atoms with Crippen LogP contribution in [0.5, 0.6) is 0 Å². The highest BCUT2D eigenvalue weighted by Gasteiger charge is 2.57. The minimum Gasteiger partial charge on any atom is -0.469 e. The Morgan fingerprint density at radius 2 is 1.92 bits per heavy atom. The van der Waals surface area contributed by atoms with Crippen LogP contribution >= 0.6 is 0 Å². The fourth-order valence-electron chi connectivity index (χ4n) is 6.37. The molecule has 3 heteroatoms. The summed E-state index contributed by atoms with van der Waals surface area (Å²) < 4.78 is 5.19. The van der Waals surface area contributed by atoms with Crippen molar-refractivity contribution in [1.29, 1.82) is 0 Å². The quantitative estimate of drug-likeness (QED) is 0.598. The van der Waals surface area contributed by atoms with Crippen molar-refractivity contribution in [2.75, 3.05) is 7.11 Å². The SMILES string of the molecule is COC(=O)C1(C)CCCC2(C)C3=C(CCC12)C(O)C(C(C)C)CC3. The van der Waals surface area contributed by atoms with Crippen molar-refractivity contribution in [3.63, 3.8) is 0 Å².